The second kappa shape index (κ2) is 11.1. The van der Waals surface area contributed by atoms with E-state index < -0.39 is 24.1 Å². The SMILES string of the molecule is COc1cc(O)cc2c1C(C#CSc1cc(Cl)cc(Cl)c1)N(C(=O)c1cccc(OC(F)(F)F)c1)CC2. The van der Waals surface area contributed by atoms with Crippen LogP contribution in [-0.4, -0.2) is 35.9 Å². The third-order valence-corrected chi connectivity index (χ3v) is 6.54. The smallest absolute Gasteiger partial charge is 0.508 e. The molecule has 0 saturated heterocycles. The third-order valence-electron chi connectivity index (χ3n) is 5.42. The number of nitrogens with zero attached hydrogens (tertiary/aromatic N) is 1. The molecule has 0 aromatic heterocycles. The maximum atomic E-state index is 13.5. The van der Waals surface area contributed by atoms with Gasteiger partial charge in [-0.15, -0.1) is 13.2 Å². The van der Waals surface area contributed by atoms with E-state index in [-0.39, 0.29) is 17.9 Å². The molecule has 1 aliphatic heterocycles. The van der Waals surface area contributed by atoms with E-state index in [9.17, 15) is 23.1 Å². The summed E-state index contributed by atoms with van der Waals surface area (Å²) in [7, 11) is 1.43. The monoisotopic (exact) mass is 567 g/mol. The normalized spacial score (nSPS) is 14.9. The van der Waals surface area contributed by atoms with Gasteiger partial charge in [-0.1, -0.05) is 35.2 Å². The van der Waals surface area contributed by atoms with Crippen LogP contribution in [0.4, 0.5) is 13.2 Å². The molecule has 0 radical (unpaired) electrons. The van der Waals surface area contributed by atoms with Crippen LogP contribution in [0.3, 0.4) is 0 Å². The van der Waals surface area contributed by atoms with Crippen molar-refractivity contribution in [2.24, 2.45) is 0 Å². The molecule has 3 aromatic carbocycles. The highest BCUT2D eigenvalue weighted by atomic mass is 35.5. The number of phenols is 1. The fourth-order valence-corrected chi connectivity index (χ4v) is 5.29. The number of amides is 1. The van der Waals surface area contributed by atoms with Gasteiger partial charge in [0.1, 0.15) is 23.3 Å². The van der Waals surface area contributed by atoms with Crippen molar-refractivity contribution >= 4 is 40.9 Å². The molecular formula is C26H18Cl2F3NO4S. The summed E-state index contributed by atoms with van der Waals surface area (Å²) in [6, 6.07) is 12.0. The van der Waals surface area contributed by atoms with Gasteiger partial charge in [-0.05, 0) is 71.5 Å². The van der Waals surface area contributed by atoms with Gasteiger partial charge in [-0.25, -0.2) is 0 Å². The molecule has 5 nitrogen and oxygen atoms in total. The lowest BCUT2D eigenvalue weighted by molar-refractivity contribution is -0.274. The standard InChI is InChI=1S/C26H18Cl2F3NO4S/c1-35-23-14-19(33)9-15-5-7-32(25(34)16-3-2-4-20(10-16)36-26(29,30)31)22(24(15)23)6-8-37-21-12-17(27)11-18(28)13-21/h2-4,9-14,22,33H,5,7H2,1H3. The number of thioether (sulfide) groups is 1. The first-order valence-electron chi connectivity index (χ1n) is 10.7. The van der Waals surface area contributed by atoms with E-state index in [0.29, 0.717) is 32.7 Å². The molecule has 1 heterocycles. The predicted molar refractivity (Wildman–Crippen MR) is 135 cm³/mol. The highest BCUT2D eigenvalue weighted by molar-refractivity contribution is 8.04. The van der Waals surface area contributed by atoms with Gasteiger partial charge in [0.2, 0.25) is 0 Å². The van der Waals surface area contributed by atoms with Crippen LogP contribution in [-0.2, 0) is 6.42 Å². The van der Waals surface area contributed by atoms with Crippen molar-refractivity contribution < 1.29 is 32.5 Å². The van der Waals surface area contributed by atoms with Gasteiger partial charge in [-0.2, -0.15) is 0 Å². The zero-order chi connectivity index (χ0) is 26.7. The zero-order valence-electron chi connectivity index (χ0n) is 19.1. The lowest BCUT2D eigenvalue weighted by atomic mass is 9.91. The average Bonchev–Trinajstić information content (AvgIpc) is 2.81. The van der Waals surface area contributed by atoms with Crippen LogP contribution >= 0.6 is 35.0 Å². The summed E-state index contributed by atoms with van der Waals surface area (Å²) in [6.07, 6.45) is -4.52. The number of halogens is 5. The van der Waals surface area contributed by atoms with E-state index in [1.807, 2.05) is 0 Å². The van der Waals surface area contributed by atoms with E-state index in [0.717, 1.165) is 29.5 Å². The zero-order valence-corrected chi connectivity index (χ0v) is 21.4. The lowest BCUT2D eigenvalue weighted by Gasteiger charge is -2.35. The van der Waals surface area contributed by atoms with Gasteiger partial charge in [0.25, 0.3) is 5.91 Å². The van der Waals surface area contributed by atoms with E-state index in [1.54, 1.807) is 24.3 Å². The number of methoxy groups -OCH3 is 1. The maximum Gasteiger partial charge on any atom is 0.573 e. The Labute approximate surface area is 225 Å². The second-order valence-corrected chi connectivity index (χ2v) is 9.65. The molecular weight excluding hydrogens is 550 g/mol. The molecule has 11 heteroatoms. The summed E-state index contributed by atoms with van der Waals surface area (Å²) >= 11 is 13.3. The van der Waals surface area contributed by atoms with Crippen LogP contribution in [0.5, 0.6) is 17.2 Å². The molecule has 0 bridgehead atoms. The van der Waals surface area contributed by atoms with Gasteiger partial charge >= 0.3 is 6.36 Å². The highest BCUT2D eigenvalue weighted by Gasteiger charge is 2.35. The molecule has 0 saturated carbocycles. The number of rotatable bonds is 4. The number of fused-ring (bicyclic) bond motifs is 1. The first-order chi connectivity index (χ1) is 17.5. The summed E-state index contributed by atoms with van der Waals surface area (Å²) in [4.78, 5) is 15.7. The van der Waals surface area contributed by atoms with Gasteiger partial charge in [0.15, 0.2) is 0 Å². The fraction of sp³-hybridized carbons (Fsp3) is 0.192. The number of phenolic OH excluding ortho intramolecular Hbond substituents is 1. The minimum atomic E-state index is -4.89. The average molecular weight is 568 g/mol. The number of aromatic hydroxyl groups is 1. The van der Waals surface area contributed by atoms with Crippen molar-refractivity contribution in [2.45, 2.75) is 23.7 Å². The lowest BCUT2D eigenvalue weighted by Crippen LogP contribution is -2.39. The third kappa shape index (κ3) is 6.58. The number of hydrogen-bond donors (Lipinski definition) is 1. The molecule has 1 atom stereocenters. The Bertz CT molecular complexity index is 1370. The number of carbonyl (C=O) groups excluding carboxylic acids is 1. The van der Waals surface area contributed by atoms with Gasteiger partial charge < -0.3 is 19.5 Å². The molecule has 1 aliphatic rings. The van der Waals surface area contributed by atoms with Crippen LogP contribution in [0.25, 0.3) is 0 Å². The van der Waals surface area contributed by atoms with Crippen molar-refractivity contribution in [2.75, 3.05) is 13.7 Å². The van der Waals surface area contributed by atoms with E-state index in [2.05, 4.69) is 15.9 Å². The topological polar surface area (TPSA) is 59.0 Å². The van der Waals surface area contributed by atoms with Crippen LogP contribution < -0.4 is 9.47 Å². The molecule has 192 valence electrons. The number of hydrogen-bond acceptors (Lipinski definition) is 5. The molecule has 0 fully saturated rings. The Hall–Kier alpha value is -3.19. The Morgan fingerprint density at radius 2 is 1.86 bits per heavy atom. The van der Waals surface area contributed by atoms with Crippen molar-refractivity contribution in [3.63, 3.8) is 0 Å². The molecule has 1 amide bonds. The quantitative estimate of drug-likeness (QED) is 0.269. The molecule has 1 N–H and O–H groups in total. The van der Waals surface area contributed by atoms with Crippen molar-refractivity contribution in [3.05, 3.63) is 81.3 Å². The summed E-state index contributed by atoms with van der Waals surface area (Å²) in [5.41, 5.74) is 1.33. The first-order valence-corrected chi connectivity index (χ1v) is 12.3. The van der Waals surface area contributed by atoms with Crippen molar-refractivity contribution in [1.82, 2.24) is 4.90 Å². The minimum Gasteiger partial charge on any atom is -0.508 e. The molecule has 1 unspecified atom stereocenters. The number of ether oxygens (including phenoxy) is 2. The van der Waals surface area contributed by atoms with E-state index in [1.165, 1.54) is 30.2 Å². The number of alkyl halides is 3. The Morgan fingerprint density at radius 1 is 1.14 bits per heavy atom. The minimum absolute atomic E-state index is 0.00188. The van der Waals surface area contributed by atoms with Gasteiger partial charge in [0, 0.05) is 38.7 Å². The number of carbonyl (C=O) groups is 1. The second-order valence-electron chi connectivity index (χ2n) is 7.90. The van der Waals surface area contributed by atoms with Gasteiger partial charge in [0.05, 0.1) is 7.11 Å². The highest BCUT2D eigenvalue weighted by Crippen LogP contribution is 2.40. The van der Waals surface area contributed by atoms with Crippen LogP contribution in [0.1, 0.15) is 27.5 Å². The Morgan fingerprint density at radius 3 is 2.54 bits per heavy atom. The maximum absolute atomic E-state index is 13.5. The Kier molecular flexibility index (Phi) is 8.02. The molecule has 3 aromatic rings. The summed E-state index contributed by atoms with van der Waals surface area (Å²) in [6.45, 7) is 0.204. The predicted octanol–water partition coefficient (Wildman–Crippen LogP) is 7.10. The van der Waals surface area contributed by atoms with Crippen LogP contribution in [0.15, 0.2) is 59.5 Å². The van der Waals surface area contributed by atoms with E-state index >= 15 is 0 Å². The molecule has 4 rings (SSSR count). The Balaban J connectivity index is 1.73. The van der Waals surface area contributed by atoms with Gasteiger partial charge in [-0.3, -0.25) is 4.79 Å². The molecule has 0 spiro atoms. The van der Waals surface area contributed by atoms with E-state index in [4.69, 9.17) is 27.9 Å². The van der Waals surface area contributed by atoms with Crippen LogP contribution in [0.2, 0.25) is 10.0 Å². The van der Waals surface area contributed by atoms with Crippen molar-refractivity contribution in [1.29, 1.82) is 0 Å². The molecule has 37 heavy (non-hydrogen) atoms. The largest absolute Gasteiger partial charge is 0.573 e. The fourth-order valence-electron chi connectivity index (χ4n) is 3.97. The first kappa shape index (κ1) is 26.9. The number of benzene rings is 3. The summed E-state index contributed by atoms with van der Waals surface area (Å²) < 4.78 is 47.6. The van der Waals surface area contributed by atoms with Crippen LogP contribution in [0, 0.1) is 11.2 Å². The summed E-state index contributed by atoms with van der Waals surface area (Å²) in [5, 5.41) is 14.0. The van der Waals surface area contributed by atoms with Crippen molar-refractivity contribution in [3.8, 4) is 28.4 Å². The summed E-state index contributed by atoms with van der Waals surface area (Å²) in [5.74, 6) is 2.36. The molecule has 0 aliphatic carbocycles.